The highest BCUT2D eigenvalue weighted by Gasteiger charge is 2.08. The van der Waals surface area contributed by atoms with Crippen LogP contribution in [0, 0.1) is 0 Å². The molecule has 7 aromatic rings. The molecule has 0 N–H and O–H groups in total. The molecule has 0 atom stereocenters. The summed E-state index contributed by atoms with van der Waals surface area (Å²) in [6.07, 6.45) is 6.43. The summed E-state index contributed by atoms with van der Waals surface area (Å²) < 4.78 is 36.5. The molecule has 7 aromatic carbocycles. The Morgan fingerprint density at radius 2 is 0.455 bits per heavy atom. The monoisotopic (exact) mass is 876 g/mol. The lowest BCUT2D eigenvalue weighted by Crippen LogP contribution is -2.08. The molecule has 66 heavy (non-hydrogen) atoms. The molecule has 0 fully saturated rings. The zero-order valence-corrected chi connectivity index (χ0v) is 37.7. The molecule has 0 saturated heterocycles. The Balaban J connectivity index is 0.898. The average molecular weight is 877 g/mol. The fraction of sp³-hybridized carbons (Fsp3) is 0.200. The van der Waals surface area contributed by atoms with E-state index in [1.165, 1.54) is 0 Å². The number of ether oxygens (including phenoxy) is 6. The standard InChI is InChI=1S/C60H60O6/c1-7-19-52(20-8-1)58(53-21-9-2-10-22-53)31-34-61-37-40-64-46-49-43-50(47-65-41-38-62-35-32-59(54-23-11-3-12-24-54)55-25-13-4-14-26-55)45-51(44-49)48-66-42-39-63-36-33-60(56-27-15-5-16-28-56)57-29-17-6-18-30-57/h1-33,43-45H,34-42,46-48H2. The summed E-state index contributed by atoms with van der Waals surface area (Å²) in [5.74, 6) is 0. The molecule has 0 unspecified atom stereocenters. The number of hydrogen-bond acceptors (Lipinski definition) is 6. The van der Waals surface area contributed by atoms with Gasteiger partial charge in [0.25, 0.3) is 0 Å². The molecule has 0 bridgehead atoms. The van der Waals surface area contributed by atoms with Gasteiger partial charge >= 0.3 is 0 Å². The predicted octanol–water partition coefficient (Wildman–Crippen LogP) is 12.7. The van der Waals surface area contributed by atoms with E-state index < -0.39 is 0 Å². The first-order valence-electron chi connectivity index (χ1n) is 22.8. The lowest BCUT2D eigenvalue weighted by atomic mass is 9.98. The SMILES string of the molecule is C(COCCOCc1cc(COCCOCC=C(c2ccccc2)c2ccccc2)cc(COCCOCC=C(c2ccccc2)c2ccccc2)c1)=C(c1ccccc1)c1ccccc1. The predicted molar refractivity (Wildman–Crippen MR) is 268 cm³/mol. The van der Waals surface area contributed by atoms with Gasteiger partial charge in [-0.1, -0.05) is 218 Å². The molecule has 0 aromatic heterocycles. The molecule has 336 valence electrons. The lowest BCUT2D eigenvalue weighted by Gasteiger charge is -2.13. The van der Waals surface area contributed by atoms with Crippen molar-refractivity contribution in [2.45, 2.75) is 19.8 Å². The molecule has 0 amide bonds. The highest BCUT2D eigenvalue weighted by Crippen LogP contribution is 2.25. The van der Waals surface area contributed by atoms with Gasteiger partial charge in [-0.2, -0.15) is 0 Å². The van der Waals surface area contributed by atoms with Crippen molar-refractivity contribution < 1.29 is 28.4 Å². The molecule has 0 saturated carbocycles. The second-order valence-electron chi connectivity index (χ2n) is 15.6. The highest BCUT2D eigenvalue weighted by atomic mass is 16.5. The van der Waals surface area contributed by atoms with Gasteiger partial charge in [0.05, 0.1) is 79.3 Å². The first kappa shape index (κ1) is 47.5. The Kier molecular flexibility index (Phi) is 20.0. The molecule has 0 spiro atoms. The van der Waals surface area contributed by atoms with Gasteiger partial charge in [0, 0.05) is 0 Å². The average Bonchev–Trinajstić information content (AvgIpc) is 3.38. The molecule has 0 aliphatic heterocycles. The van der Waals surface area contributed by atoms with Crippen molar-refractivity contribution in [2.75, 3.05) is 59.5 Å². The second-order valence-corrected chi connectivity index (χ2v) is 15.6. The van der Waals surface area contributed by atoms with E-state index in [4.69, 9.17) is 28.4 Å². The molecular weight excluding hydrogens is 817 g/mol. The summed E-state index contributed by atoms with van der Waals surface area (Å²) in [7, 11) is 0. The minimum absolute atomic E-state index is 0.445. The van der Waals surface area contributed by atoms with Crippen LogP contribution in [0.2, 0.25) is 0 Å². The molecule has 0 aliphatic rings. The van der Waals surface area contributed by atoms with Crippen LogP contribution in [-0.4, -0.2) is 59.5 Å². The van der Waals surface area contributed by atoms with E-state index in [0.717, 1.165) is 66.8 Å². The Bertz CT molecular complexity index is 2090. The van der Waals surface area contributed by atoms with Gasteiger partial charge in [-0.15, -0.1) is 0 Å². The van der Waals surface area contributed by atoms with E-state index in [-0.39, 0.29) is 0 Å². The third-order valence-corrected chi connectivity index (χ3v) is 10.8. The van der Waals surface area contributed by atoms with Gasteiger partial charge in [0.15, 0.2) is 0 Å². The zero-order valence-electron chi connectivity index (χ0n) is 37.7. The van der Waals surface area contributed by atoms with Gasteiger partial charge in [0.1, 0.15) is 0 Å². The van der Waals surface area contributed by atoms with Crippen molar-refractivity contribution in [1.29, 1.82) is 0 Å². The van der Waals surface area contributed by atoms with Crippen LogP contribution in [0.25, 0.3) is 16.7 Å². The molecule has 7 rings (SSSR count). The van der Waals surface area contributed by atoms with Crippen LogP contribution in [0.1, 0.15) is 50.1 Å². The smallest absolute Gasteiger partial charge is 0.0718 e. The normalized spacial score (nSPS) is 10.9. The zero-order chi connectivity index (χ0) is 45.1. The van der Waals surface area contributed by atoms with Crippen LogP contribution in [0.5, 0.6) is 0 Å². The minimum atomic E-state index is 0.445. The number of hydrogen-bond donors (Lipinski definition) is 0. The largest absolute Gasteiger partial charge is 0.375 e. The van der Waals surface area contributed by atoms with E-state index in [1.807, 2.05) is 36.4 Å². The van der Waals surface area contributed by atoms with Crippen molar-refractivity contribution in [3.8, 4) is 0 Å². The molecule has 0 radical (unpaired) electrons. The summed E-state index contributed by atoms with van der Waals surface area (Å²) in [4.78, 5) is 0. The van der Waals surface area contributed by atoms with E-state index in [1.54, 1.807) is 0 Å². The summed E-state index contributed by atoms with van der Waals surface area (Å²) in [6, 6.07) is 68.9. The van der Waals surface area contributed by atoms with Crippen LogP contribution in [0.4, 0.5) is 0 Å². The number of benzene rings is 7. The Hall–Kier alpha value is -6.48. The van der Waals surface area contributed by atoms with Crippen molar-refractivity contribution >= 4 is 16.7 Å². The van der Waals surface area contributed by atoms with Crippen LogP contribution in [0.15, 0.2) is 218 Å². The van der Waals surface area contributed by atoms with Crippen LogP contribution in [0.3, 0.4) is 0 Å². The Morgan fingerprint density at radius 3 is 0.667 bits per heavy atom. The summed E-state index contributed by atoms with van der Waals surface area (Å²) in [5.41, 5.74) is 13.6. The maximum atomic E-state index is 6.13. The molecular formula is C60H60O6. The van der Waals surface area contributed by atoms with Crippen molar-refractivity contribution in [3.05, 3.63) is 268 Å². The summed E-state index contributed by atoms with van der Waals surface area (Å²) in [5, 5.41) is 0. The first-order chi connectivity index (χ1) is 32.8. The van der Waals surface area contributed by atoms with Gasteiger partial charge < -0.3 is 28.4 Å². The minimum Gasteiger partial charge on any atom is -0.375 e. The van der Waals surface area contributed by atoms with E-state index in [0.29, 0.717) is 79.3 Å². The second kappa shape index (κ2) is 27.8. The van der Waals surface area contributed by atoms with Crippen molar-refractivity contribution in [2.24, 2.45) is 0 Å². The third-order valence-electron chi connectivity index (χ3n) is 10.8. The van der Waals surface area contributed by atoms with E-state index in [2.05, 4.69) is 182 Å². The summed E-state index contributed by atoms with van der Waals surface area (Å²) in [6.45, 7) is 5.63. The van der Waals surface area contributed by atoms with Crippen molar-refractivity contribution in [3.63, 3.8) is 0 Å². The van der Waals surface area contributed by atoms with Crippen molar-refractivity contribution in [1.82, 2.24) is 0 Å². The maximum Gasteiger partial charge on any atom is 0.0718 e. The molecule has 0 aliphatic carbocycles. The summed E-state index contributed by atoms with van der Waals surface area (Å²) >= 11 is 0. The van der Waals surface area contributed by atoms with Gasteiger partial charge in [-0.05, 0) is 66.8 Å². The third kappa shape index (κ3) is 15.9. The fourth-order valence-electron chi connectivity index (χ4n) is 7.60. The van der Waals surface area contributed by atoms with Gasteiger partial charge in [0.2, 0.25) is 0 Å². The quantitative estimate of drug-likeness (QED) is 0.0480. The van der Waals surface area contributed by atoms with Gasteiger partial charge in [-0.3, -0.25) is 0 Å². The highest BCUT2D eigenvalue weighted by molar-refractivity contribution is 5.81. The van der Waals surface area contributed by atoms with Crippen LogP contribution >= 0.6 is 0 Å². The molecule has 6 heteroatoms. The number of rotatable bonds is 27. The Labute approximate surface area is 391 Å². The lowest BCUT2D eigenvalue weighted by molar-refractivity contribution is 0.0464. The first-order valence-corrected chi connectivity index (χ1v) is 22.8. The van der Waals surface area contributed by atoms with Crippen LogP contribution < -0.4 is 0 Å². The fourth-order valence-corrected chi connectivity index (χ4v) is 7.60. The maximum absolute atomic E-state index is 6.13. The molecule has 0 heterocycles. The van der Waals surface area contributed by atoms with E-state index in [9.17, 15) is 0 Å². The van der Waals surface area contributed by atoms with E-state index >= 15 is 0 Å². The van der Waals surface area contributed by atoms with Gasteiger partial charge in [-0.25, -0.2) is 0 Å². The Morgan fingerprint density at radius 1 is 0.258 bits per heavy atom. The van der Waals surface area contributed by atoms with Crippen LogP contribution in [-0.2, 0) is 48.2 Å². The molecule has 6 nitrogen and oxygen atoms in total. The topological polar surface area (TPSA) is 55.4 Å².